The van der Waals surface area contributed by atoms with Crippen molar-refractivity contribution in [2.45, 2.75) is 24.6 Å². The number of nitrogens with two attached hydrogens (primary N) is 1. The lowest BCUT2D eigenvalue weighted by Gasteiger charge is -2.12. The first kappa shape index (κ1) is 15.3. The number of halogens is 3. The van der Waals surface area contributed by atoms with Crippen LogP contribution in [0.4, 0.5) is 19.0 Å². The highest BCUT2D eigenvalue weighted by Crippen LogP contribution is 2.46. The maximum atomic E-state index is 13.0. The van der Waals surface area contributed by atoms with Gasteiger partial charge in [0, 0.05) is 24.4 Å². The average molecular weight is 322 g/mol. The highest BCUT2D eigenvalue weighted by Gasteiger charge is 2.45. The summed E-state index contributed by atoms with van der Waals surface area (Å²) in [6.07, 6.45) is -1.29. The minimum absolute atomic E-state index is 0.0158. The van der Waals surface area contributed by atoms with Crippen LogP contribution in [0.15, 0.2) is 36.7 Å². The third kappa shape index (κ3) is 3.10. The third-order valence-corrected chi connectivity index (χ3v) is 3.71. The van der Waals surface area contributed by atoms with E-state index in [2.05, 4.69) is 15.3 Å². The Bertz CT molecular complexity index is 747. The number of hydrogen-bond acceptors (Lipinski definition) is 4. The van der Waals surface area contributed by atoms with E-state index in [0.717, 1.165) is 6.07 Å². The summed E-state index contributed by atoms with van der Waals surface area (Å²) >= 11 is 0. The summed E-state index contributed by atoms with van der Waals surface area (Å²) in [5, 5.41) is 2.65. The van der Waals surface area contributed by atoms with Gasteiger partial charge in [-0.25, -0.2) is 9.97 Å². The molecule has 1 saturated carbocycles. The van der Waals surface area contributed by atoms with Crippen LogP contribution in [0.2, 0.25) is 0 Å². The first-order valence-corrected chi connectivity index (χ1v) is 6.91. The molecular weight excluding hydrogens is 309 g/mol. The molecule has 1 heterocycles. The van der Waals surface area contributed by atoms with Gasteiger partial charge in [-0.1, -0.05) is 18.2 Å². The highest BCUT2D eigenvalue weighted by atomic mass is 19.4. The SMILES string of the molecule is Nc1nccnc1C(=O)NC1CC1c1ccccc1C(F)(F)F. The second-order valence-corrected chi connectivity index (χ2v) is 5.30. The van der Waals surface area contributed by atoms with Crippen molar-refractivity contribution in [3.05, 3.63) is 53.5 Å². The van der Waals surface area contributed by atoms with Crippen LogP contribution in [0, 0.1) is 0 Å². The van der Waals surface area contributed by atoms with Gasteiger partial charge in [0.05, 0.1) is 5.56 Å². The van der Waals surface area contributed by atoms with Gasteiger partial charge in [-0.15, -0.1) is 0 Å². The molecule has 3 N–H and O–H groups in total. The molecule has 2 aromatic rings. The predicted octanol–water partition coefficient (Wildman–Crippen LogP) is 2.36. The standard InChI is InChI=1S/C15H13F3N4O/c16-15(17,18)10-4-2-1-3-8(10)9-7-11(9)22-14(23)12-13(19)21-6-5-20-12/h1-6,9,11H,7H2,(H2,19,21)(H,22,23). The Kier molecular flexibility index (Phi) is 3.67. The topological polar surface area (TPSA) is 80.9 Å². The number of nitrogens with zero attached hydrogens (tertiary/aromatic N) is 2. The molecule has 0 saturated heterocycles. The first-order valence-electron chi connectivity index (χ1n) is 6.91. The second kappa shape index (κ2) is 5.53. The van der Waals surface area contributed by atoms with Crippen molar-refractivity contribution in [1.29, 1.82) is 0 Å². The highest BCUT2D eigenvalue weighted by molar-refractivity contribution is 5.96. The van der Waals surface area contributed by atoms with Crippen LogP contribution < -0.4 is 11.1 Å². The predicted molar refractivity (Wildman–Crippen MR) is 76.5 cm³/mol. The van der Waals surface area contributed by atoms with Gasteiger partial charge in [0.1, 0.15) is 0 Å². The number of carbonyl (C=O) groups is 1. The Hall–Kier alpha value is -2.64. The molecule has 1 amide bonds. The Morgan fingerprint density at radius 3 is 2.61 bits per heavy atom. The van der Waals surface area contributed by atoms with Gasteiger partial charge in [-0.2, -0.15) is 13.2 Å². The van der Waals surface area contributed by atoms with Crippen molar-refractivity contribution in [3.8, 4) is 0 Å². The lowest BCUT2D eigenvalue weighted by molar-refractivity contribution is -0.138. The summed E-state index contributed by atoms with van der Waals surface area (Å²) in [4.78, 5) is 19.7. The second-order valence-electron chi connectivity index (χ2n) is 5.30. The molecule has 1 aliphatic rings. The Morgan fingerprint density at radius 1 is 1.22 bits per heavy atom. The van der Waals surface area contributed by atoms with E-state index in [0.29, 0.717) is 6.42 Å². The number of carbonyl (C=O) groups excluding carboxylic acids is 1. The molecule has 0 aliphatic heterocycles. The van der Waals surface area contributed by atoms with Crippen LogP contribution in [0.3, 0.4) is 0 Å². The number of benzene rings is 1. The molecule has 23 heavy (non-hydrogen) atoms. The number of aromatic nitrogens is 2. The number of rotatable bonds is 3. The van der Waals surface area contributed by atoms with Gasteiger partial charge >= 0.3 is 6.18 Å². The maximum Gasteiger partial charge on any atom is 0.416 e. The summed E-state index contributed by atoms with van der Waals surface area (Å²) in [6.45, 7) is 0. The molecule has 1 aromatic carbocycles. The monoisotopic (exact) mass is 322 g/mol. The van der Waals surface area contributed by atoms with Crippen LogP contribution in [0.25, 0.3) is 0 Å². The number of amides is 1. The zero-order chi connectivity index (χ0) is 16.6. The van der Waals surface area contributed by atoms with Crippen molar-refractivity contribution in [3.63, 3.8) is 0 Å². The van der Waals surface area contributed by atoms with Gasteiger partial charge < -0.3 is 11.1 Å². The largest absolute Gasteiger partial charge is 0.416 e. The lowest BCUT2D eigenvalue weighted by Crippen LogP contribution is -2.28. The molecular formula is C15H13F3N4O. The van der Waals surface area contributed by atoms with E-state index >= 15 is 0 Å². The smallest absolute Gasteiger partial charge is 0.382 e. The van der Waals surface area contributed by atoms with Crippen molar-refractivity contribution in [1.82, 2.24) is 15.3 Å². The minimum atomic E-state index is -4.41. The Balaban J connectivity index is 1.74. The van der Waals surface area contributed by atoms with Crippen LogP contribution in [-0.4, -0.2) is 21.9 Å². The maximum absolute atomic E-state index is 13.0. The molecule has 120 valence electrons. The molecule has 0 bridgehead atoms. The van der Waals surface area contributed by atoms with E-state index in [-0.39, 0.29) is 29.0 Å². The molecule has 5 nitrogen and oxygen atoms in total. The Labute approximate surface area is 129 Å². The van der Waals surface area contributed by atoms with Crippen molar-refractivity contribution < 1.29 is 18.0 Å². The zero-order valence-corrected chi connectivity index (χ0v) is 11.8. The van der Waals surface area contributed by atoms with Crippen molar-refractivity contribution in [2.75, 3.05) is 5.73 Å². The van der Waals surface area contributed by atoms with E-state index in [1.165, 1.54) is 24.5 Å². The molecule has 0 spiro atoms. The first-order chi connectivity index (χ1) is 10.9. The van der Waals surface area contributed by atoms with Gasteiger partial charge in [0.2, 0.25) is 0 Å². The third-order valence-electron chi connectivity index (χ3n) is 3.71. The van der Waals surface area contributed by atoms with E-state index in [1.54, 1.807) is 6.07 Å². The average Bonchev–Trinajstić information content (AvgIpc) is 3.26. The van der Waals surface area contributed by atoms with Gasteiger partial charge in [-0.3, -0.25) is 4.79 Å². The summed E-state index contributed by atoms with van der Waals surface area (Å²) < 4.78 is 39.1. The molecule has 2 unspecified atom stereocenters. The fraction of sp³-hybridized carbons (Fsp3) is 0.267. The summed E-state index contributed by atoms with van der Waals surface area (Å²) in [6, 6.07) is 5.03. The van der Waals surface area contributed by atoms with Crippen LogP contribution in [-0.2, 0) is 6.18 Å². The molecule has 1 aliphatic carbocycles. The molecule has 1 aromatic heterocycles. The van der Waals surface area contributed by atoms with E-state index in [1.807, 2.05) is 0 Å². The van der Waals surface area contributed by atoms with Crippen molar-refractivity contribution in [2.24, 2.45) is 0 Å². The van der Waals surface area contributed by atoms with Crippen LogP contribution in [0.5, 0.6) is 0 Å². The van der Waals surface area contributed by atoms with Crippen LogP contribution in [0.1, 0.15) is 34.0 Å². The minimum Gasteiger partial charge on any atom is -0.382 e. The zero-order valence-electron chi connectivity index (χ0n) is 11.8. The molecule has 1 fully saturated rings. The number of alkyl halides is 3. The summed E-state index contributed by atoms with van der Waals surface area (Å²) in [7, 11) is 0. The molecule has 3 rings (SSSR count). The van der Waals surface area contributed by atoms with E-state index in [4.69, 9.17) is 5.73 Å². The Morgan fingerprint density at radius 2 is 1.91 bits per heavy atom. The number of anilines is 1. The lowest BCUT2D eigenvalue weighted by atomic mass is 10.0. The van der Waals surface area contributed by atoms with E-state index < -0.39 is 17.6 Å². The van der Waals surface area contributed by atoms with Gasteiger partial charge in [0.25, 0.3) is 5.91 Å². The fourth-order valence-electron chi connectivity index (χ4n) is 2.54. The quantitative estimate of drug-likeness (QED) is 0.909. The summed E-state index contributed by atoms with van der Waals surface area (Å²) in [5.41, 5.74) is 5.06. The van der Waals surface area contributed by atoms with Gasteiger partial charge in [0.15, 0.2) is 11.5 Å². The number of hydrogen-bond donors (Lipinski definition) is 2. The normalized spacial score (nSPS) is 20.1. The molecule has 8 heteroatoms. The molecule has 0 radical (unpaired) electrons. The van der Waals surface area contributed by atoms with Crippen molar-refractivity contribution >= 4 is 11.7 Å². The molecule has 2 atom stereocenters. The van der Waals surface area contributed by atoms with Gasteiger partial charge in [-0.05, 0) is 18.1 Å². The number of nitrogens with one attached hydrogen (secondary N) is 1. The van der Waals surface area contributed by atoms with Crippen LogP contribution >= 0.6 is 0 Å². The number of nitrogen functional groups attached to an aromatic ring is 1. The van der Waals surface area contributed by atoms with E-state index in [9.17, 15) is 18.0 Å². The fourth-order valence-corrected chi connectivity index (χ4v) is 2.54. The summed E-state index contributed by atoms with van der Waals surface area (Å²) in [5.74, 6) is -0.917.